The number of halogens is 9. The first-order valence-electron chi connectivity index (χ1n) is 14.2. The van der Waals surface area contributed by atoms with Crippen LogP contribution in [0.4, 0.5) is 39.5 Å². The molecule has 10 radical (unpaired) electrons. The molecule has 1 unspecified atom stereocenters. The molecule has 8 N–H and O–H groups in total. The van der Waals surface area contributed by atoms with Gasteiger partial charge in [0.05, 0.1) is 12.5 Å². The molecule has 14 nitrogen and oxygen atoms in total. The predicted octanol–water partition coefficient (Wildman–Crippen LogP) is 0.399. The molecule has 1 heterocycles. The van der Waals surface area contributed by atoms with Crippen molar-refractivity contribution in [1.82, 2.24) is 26.2 Å². The topological polar surface area (TPSA) is 218 Å². The third kappa shape index (κ3) is 28.6. The Kier molecular flexibility index (Phi) is 29.4. The van der Waals surface area contributed by atoms with Crippen molar-refractivity contribution in [2.45, 2.75) is 24.6 Å². The molecule has 296 valence electrons. The first-order chi connectivity index (χ1) is 23.5. The summed E-state index contributed by atoms with van der Waals surface area (Å²) < 4.78 is 95.2. The number of alkyl halides is 9. The van der Waals surface area contributed by atoms with E-state index in [4.69, 9.17) is 29.7 Å². The summed E-state index contributed by atoms with van der Waals surface area (Å²) >= 11 is 0. The van der Waals surface area contributed by atoms with E-state index < -0.39 is 49.1 Å². The number of aliphatic hydroxyl groups is 1. The summed E-state index contributed by atoms with van der Waals surface area (Å²) in [7, 11) is 0. The first kappa shape index (κ1) is 53.4. The van der Waals surface area contributed by atoms with Gasteiger partial charge in [-0.15, -0.1) is 0 Å². The first-order valence-corrected chi connectivity index (χ1v) is 14.2. The number of amides is 2. The zero-order chi connectivity index (χ0) is 39.7. The van der Waals surface area contributed by atoms with Gasteiger partial charge in [-0.3, -0.25) is 9.59 Å². The van der Waals surface area contributed by atoms with Crippen LogP contribution >= 0.6 is 0 Å². The molecule has 2 amide bonds. The summed E-state index contributed by atoms with van der Waals surface area (Å²) in [6.45, 7) is 5.40. The Morgan fingerprint density at radius 3 is 1.17 bits per heavy atom. The van der Waals surface area contributed by atoms with Crippen LogP contribution in [0.1, 0.15) is 0 Å². The average molecular weight is 813 g/mol. The van der Waals surface area contributed by atoms with Gasteiger partial charge in [-0.05, 0) is 57.8 Å². The van der Waals surface area contributed by atoms with Crippen molar-refractivity contribution in [3.63, 3.8) is 0 Å². The van der Waals surface area contributed by atoms with E-state index in [9.17, 15) is 54.2 Å². The average Bonchev–Trinajstić information content (AvgIpc) is 3.77. The second-order valence-corrected chi connectivity index (χ2v) is 9.33. The normalized spacial score (nSPS) is 17.8. The van der Waals surface area contributed by atoms with Crippen LogP contribution in [0.3, 0.4) is 0 Å². The van der Waals surface area contributed by atoms with Gasteiger partial charge in [-0.2, -0.15) is 39.5 Å². The number of carbonyl (C=O) groups is 5. The maximum absolute atomic E-state index is 12.7. The van der Waals surface area contributed by atoms with Crippen molar-refractivity contribution in [1.29, 1.82) is 0 Å². The number of carbonyl (C=O) groups excluding carboxylic acids is 2. The zero-order valence-electron chi connectivity index (χ0n) is 26.7. The third-order valence-corrected chi connectivity index (χ3v) is 5.38. The van der Waals surface area contributed by atoms with Gasteiger partial charge in [-0.25, -0.2) is 14.4 Å². The molecule has 1 aliphatic heterocycles. The van der Waals surface area contributed by atoms with Crippen LogP contribution in [0, 0.1) is 63.7 Å². The number of carboxylic acids is 3. The van der Waals surface area contributed by atoms with Gasteiger partial charge < -0.3 is 46.6 Å². The van der Waals surface area contributed by atoms with Crippen LogP contribution < -0.4 is 21.3 Å². The van der Waals surface area contributed by atoms with Gasteiger partial charge in [-0.1, -0.05) is 0 Å². The molecule has 2 saturated carbocycles. The summed E-state index contributed by atoms with van der Waals surface area (Å²) in [6.07, 6.45) is 1.61. The van der Waals surface area contributed by atoms with E-state index in [1.54, 1.807) is 30.6 Å². The molecule has 0 aromatic rings. The minimum atomic E-state index is -5.08. The van der Waals surface area contributed by atoms with Crippen LogP contribution in [0.5, 0.6) is 0 Å². The number of hydrogen-bond acceptors (Lipinski definition) is 9. The van der Waals surface area contributed by atoms with E-state index >= 15 is 0 Å². The quantitative estimate of drug-likeness (QED) is 0.143. The van der Waals surface area contributed by atoms with Crippen LogP contribution in [0.25, 0.3) is 0 Å². The number of aliphatic carboxylic acids is 3. The maximum Gasteiger partial charge on any atom is 2.00 e. The fourth-order valence-corrected chi connectivity index (χ4v) is 2.98. The van der Waals surface area contributed by atoms with Crippen molar-refractivity contribution < 1.29 is 101 Å². The van der Waals surface area contributed by atoms with Crippen molar-refractivity contribution in [3.05, 3.63) is 63.7 Å². The van der Waals surface area contributed by atoms with Gasteiger partial charge in [0, 0.05) is 52.4 Å². The Bertz CT molecular complexity index is 954. The largest absolute Gasteiger partial charge is 2.00 e. The molecule has 0 aromatic carbocycles. The van der Waals surface area contributed by atoms with E-state index in [-0.39, 0.29) is 28.9 Å². The molecule has 0 spiro atoms. The molecular weight excluding hydrogens is 777 g/mol. The summed E-state index contributed by atoms with van der Waals surface area (Å²) in [4.78, 5) is 53.2. The summed E-state index contributed by atoms with van der Waals surface area (Å²) in [5.41, 5.74) is 0. The van der Waals surface area contributed by atoms with Crippen LogP contribution in [0.2, 0.25) is 0 Å². The fourth-order valence-electron chi connectivity index (χ4n) is 2.98. The summed E-state index contributed by atoms with van der Waals surface area (Å²) in [5, 5.41) is 43.5. The van der Waals surface area contributed by atoms with Crippen LogP contribution in [0.15, 0.2) is 0 Å². The molecule has 24 heteroatoms. The van der Waals surface area contributed by atoms with Crippen molar-refractivity contribution in [2.24, 2.45) is 0 Å². The van der Waals surface area contributed by atoms with Crippen LogP contribution in [-0.4, -0.2) is 139 Å². The molecule has 3 fully saturated rings. The monoisotopic (exact) mass is 813 g/mol. The second kappa shape index (κ2) is 28.6. The fraction of sp³-hybridized carbons (Fsp3) is 0.464. The Hall–Kier alpha value is -2.92. The van der Waals surface area contributed by atoms with Gasteiger partial charge in [0.15, 0.2) is 0 Å². The predicted molar refractivity (Wildman–Crippen MR) is 157 cm³/mol. The van der Waals surface area contributed by atoms with E-state index in [1.807, 2.05) is 32.1 Å². The zero-order valence-corrected chi connectivity index (χ0v) is 27.8. The van der Waals surface area contributed by atoms with Crippen molar-refractivity contribution in [2.75, 3.05) is 59.0 Å². The van der Waals surface area contributed by atoms with Gasteiger partial charge in [0.2, 0.25) is 11.8 Å². The third-order valence-electron chi connectivity index (χ3n) is 5.38. The number of rotatable bonds is 4. The van der Waals surface area contributed by atoms with E-state index in [0.29, 0.717) is 32.1 Å². The smallest absolute Gasteiger partial charge is 0.475 e. The molecular formula is C28H36F9FeN5O9+2. The summed E-state index contributed by atoms with van der Waals surface area (Å²) in [6, 6.07) is -0.933. The number of carboxylic acid groups (broad SMARTS) is 3. The number of hydrogen-bond donors (Lipinski definition) is 8. The molecule has 1 atom stereocenters. The Morgan fingerprint density at radius 2 is 0.904 bits per heavy atom. The van der Waals surface area contributed by atoms with E-state index in [1.165, 1.54) is 0 Å². The molecule has 0 bridgehead atoms. The van der Waals surface area contributed by atoms with Crippen molar-refractivity contribution in [3.8, 4) is 0 Å². The Balaban J connectivity index is -0.000000720. The standard InChI is InChI=1S/C17H28N5O3.C5H5.3C2HF3O2.Fe/c23-13-15(21-16(24)14-3-1-2-4-14)17(25)22-11-9-19-7-5-18-6-8-20-10-12-22;1-2-4-5-3-1;3*3-2(4,5)1(6)7;/h1-4,15,18-20,23H,5-13H2,(H,21,24);1-5H;3*(H,6,7);/q;;;;;+2. The van der Waals surface area contributed by atoms with Gasteiger partial charge in [0.25, 0.3) is 0 Å². The minimum Gasteiger partial charge on any atom is -0.475 e. The molecule has 2 aliphatic carbocycles. The molecule has 0 aromatic heterocycles. The number of nitrogens with one attached hydrogen (secondary N) is 4. The van der Waals surface area contributed by atoms with E-state index in [0.717, 1.165) is 26.2 Å². The van der Waals surface area contributed by atoms with Crippen LogP contribution in [-0.2, 0) is 41.0 Å². The minimum absolute atomic E-state index is 0. The number of aliphatic hydroxyl groups excluding tert-OH is 1. The van der Waals surface area contributed by atoms with Gasteiger partial charge in [0.1, 0.15) is 6.04 Å². The SMILES string of the molecule is O=C(NC(CO)C(=O)N1CCNCCNCCNCC1)[C]1[CH][CH][CH][CH]1.O=C(O)C(F)(F)F.O=C(O)C(F)(F)F.O=C(O)C(F)(F)F.[CH]1[CH][CH][CH][CH]1.[Fe+2]. The maximum atomic E-state index is 12.7. The van der Waals surface area contributed by atoms with E-state index in [2.05, 4.69) is 21.3 Å². The molecule has 52 heavy (non-hydrogen) atoms. The molecule has 3 aliphatic rings. The Morgan fingerprint density at radius 1 is 0.615 bits per heavy atom. The van der Waals surface area contributed by atoms with Crippen molar-refractivity contribution >= 4 is 29.7 Å². The molecule has 1 saturated heterocycles. The second-order valence-electron chi connectivity index (χ2n) is 9.33. The number of nitrogens with zero attached hydrogens (tertiary/aromatic N) is 1. The Labute approximate surface area is 304 Å². The summed E-state index contributed by atoms with van der Waals surface area (Å²) in [5.74, 6) is -8.40. The van der Waals surface area contributed by atoms with Gasteiger partial charge >= 0.3 is 53.5 Å². The molecule has 3 rings (SSSR count).